The monoisotopic (exact) mass is 266 g/mol. The van der Waals surface area contributed by atoms with Crippen molar-refractivity contribution in [1.29, 1.82) is 0 Å². The van der Waals surface area contributed by atoms with Crippen molar-refractivity contribution in [2.24, 2.45) is 0 Å². The van der Waals surface area contributed by atoms with Crippen LogP contribution in [0.25, 0.3) is 0 Å². The minimum absolute atomic E-state index is 0. The zero-order chi connectivity index (χ0) is 12.9. The first-order valence-corrected chi connectivity index (χ1v) is 5.34. The summed E-state index contributed by atoms with van der Waals surface area (Å²) in [6.07, 6.45) is 0. The second-order valence-corrected chi connectivity index (χ2v) is 4.06. The molecule has 0 unspecified atom stereocenters. The van der Waals surface area contributed by atoms with Gasteiger partial charge in [-0.15, -0.1) is 0 Å². The number of hydrogen-bond donors (Lipinski definition) is 2. The van der Waals surface area contributed by atoms with Gasteiger partial charge in [-0.3, -0.25) is 9.59 Å². The van der Waals surface area contributed by atoms with Gasteiger partial charge in [0, 0.05) is 11.1 Å². The molecule has 0 atom stereocenters. The Kier molecular flexibility index (Phi) is 3.34. The molecule has 0 radical (unpaired) electrons. The Morgan fingerprint density at radius 3 is 1.47 bits per heavy atom. The molecular weight excluding hydrogens is 256 g/mol. The number of carbonyl (C=O) groups excluding carboxylic acids is 2. The molecule has 0 saturated heterocycles. The first-order chi connectivity index (χ1) is 8.61. The summed E-state index contributed by atoms with van der Waals surface area (Å²) in [5.74, 6) is -1.49. The zero-order valence-electron chi connectivity index (χ0n) is 11.9. The van der Waals surface area contributed by atoms with Gasteiger partial charge in [-0.05, 0) is 12.1 Å². The van der Waals surface area contributed by atoms with Crippen molar-refractivity contribution in [3.8, 4) is 11.5 Å². The van der Waals surface area contributed by atoms with Crippen molar-refractivity contribution in [2.45, 2.75) is 0 Å². The van der Waals surface area contributed by atoms with Crippen molar-refractivity contribution in [1.82, 2.24) is 0 Å². The number of phenolic OH excluding ortho intramolecular Hbond substituents is 2. The number of phenols is 2. The van der Waals surface area contributed by atoms with E-state index in [1.54, 1.807) is 12.1 Å². The molecule has 1 aliphatic carbocycles. The van der Waals surface area contributed by atoms with Gasteiger partial charge in [-0.25, -0.2) is 0 Å². The first-order valence-electron chi connectivity index (χ1n) is 5.34. The number of fused-ring (bicyclic) bond motifs is 2. The van der Waals surface area contributed by atoms with Crippen LogP contribution in [0.15, 0.2) is 36.4 Å². The van der Waals surface area contributed by atoms with E-state index >= 15 is 0 Å². The third-order valence-corrected chi connectivity index (χ3v) is 3.03. The first kappa shape index (κ1) is 13.6. The molecule has 19 heavy (non-hydrogen) atoms. The minimum atomic E-state index is -0.450. The van der Waals surface area contributed by atoms with Crippen molar-refractivity contribution >= 4 is 34.6 Å². The summed E-state index contributed by atoms with van der Waals surface area (Å²) in [7, 11) is 0. The van der Waals surface area contributed by atoms with E-state index in [9.17, 15) is 19.8 Å². The van der Waals surface area contributed by atoms with E-state index in [1.807, 2.05) is 0 Å². The molecule has 3 rings (SSSR count). The summed E-state index contributed by atoms with van der Waals surface area (Å²) in [6, 6.07) is 8.76. The molecule has 2 aromatic carbocycles. The van der Waals surface area contributed by atoms with Gasteiger partial charge in [-0.1, -0.05) is 24.3 Å². The topological polar surface area (TPSA) is 74.6 Å². The summed E-state index contributed by atoms with van der Waals surface area (Å²) in [5.41, 5.74) is 0.240. The van der Waals surface area contributed by atoms with Crippen LogP contribution in [-0.2, 0) is 0 Å². The molecule has 4 nitrogen and oxygen atoms in total. The van der Waals surface area contributed by atoms with E-state index in [4.69, 9.17) is 0 Å². The van der Waals surface area contributed by atoms with Crippen LogP contribution in [0.4, 0.5) is 0 Å². The van der Waals surface area contributed by atoms with Crippen LogP contribution < -0.4 is 0 Å². The Morgan fingerprint density at radius 1 is 0.737 bits per heavy atom. The molecule has 2 aromatic rings. The Bertz CT molecular complexity index is 656. The van der Waals surface area contributed by atoms with Crippen molar-refractivity contribution < 1.29 is 22.7 Å². The van der Waals surface area contributed by atoms with Gasteiger partial charge in [-0.2, -0.15) is 0 Å². The third-order valence-electron chi connectivity index (χ3n) is 3.03. The fraction of sp³-hybridized carbons (Fsp3) is 0. The molecule has 0 saturated carbocycles. The molecule has 0 aromatic heterocycles. The van der Waals surface area contributed by atoms with Crippen molar-refractivity contribution in [3.63, 3.8) is 0 Å². The number of hydrogen-bond acceptors (Lipinski definition) is 4. The Labute approximate surface area is 127 Å². The minimum Gasteiger partial charge on any atom is -1.00 e. The van der Waals surface area contributed by atoms with Gasteiger partial charge in [0.1, 0.15) is 11.5 Å². The fourth-order valence-corrected chi connectivity index (χ4v) is 2.19. The molecule has 0 heterocycles. The van der Waals surface area contributed by atoms with Crippen LogP contribution >= 0.6 is 0 Å². The molecule has 0 aliphatic heterocycles. The average Bonchev–Trinajstić information content (AvgIpc) is 2.38. The maximum absolute atomic E-state index is 12.2. The number of ketones is 2. The van der Waals surface area contributed by atoms with E-state index in [0.29, 0.717) is 0 Å². The van der Waals surface area contributed by atoms with E-state index in [-0.39, 0.29) is 59.7 Å². The quantitative estimate of drug-likeness (QED) is 0.480. The van der Waals surface area contributed by atoms with E-state index < -0.39 is 11.6 Å². The predicted molar refractivity (Wildman–Crippen MR) is 71.1 cm³/mol. The summed E-state index contributed by atoms with van der Waals surface area (Å²) in [4.78, 5) is 24.4. The van der Waals surface area contributed by atoms with Crippen LogP contribution in [0.5, 0.6) is 11.5 Å². The maximum Gasteiger partial charge on any atom is 2.00 e. The van der Waals surface area contributed by atoms with Crippen molar-refractivity contribution in [3.05, 3.63) is 58.7 Å². The summed E-state index contributed by atoms with van der Waals surface area (Å²) in [6.45, 7) is 0. The maximum atomic E-state index is 12.2. The molecular formula is C14H10MgO4. The number of rotatable bonds is 0. The number of carbonyl (C=O) groups is 2. The van der Waals surface area contributed by atoms with Crippen LogP contribution in [0, 0.1) is 0 Å². The molecule has 92 valence electrons. The van der Waals surface area contributed by atoms with E-state index in [2.05, 4.69) is 0 Å². The molecule has 0 amide bonds. The van der Waals surface area contributed by atoms with Gasteiger partial charge >= 0.3 is 23.1 Å². The summed E-state index contributed by atoms with van der Waals surface area (Å²) < 4.78 is 0. The molecule has 0 fully saturated rings. The normalized spacial score (nSPS) is 12.4. The summed E-state index contributed by atoms with van der Waals surface area (Å²) >= 11 is 0. The van der Waals surface area contributed by atoms with Gasteiger partial charge < -0.3 is 13.1 Å². The molecule has 0 bridgehead atoms. The Morgan fingerprint density at radius 2 is 1.11 bits per heavy atom. The Hall–Kier alpha value is -1.85. The SMILES string of the molecule is O=C1c2ccccc2C(=O)c2c(O)ccc(O)c21.[H-].[H-].[Mg+2]. The zero-order valence-corrected chi connectivity index (χ0v) is 11.3. The van der Waals surface area contributed by atoms with Crippen LogP contribution in [-0.4, -0.2) is 44.8 Å². The largest absolute Gasteiger partial charge is 2.00 e. The van der Waals surface area contributed by atoms with E-state index in [1.165, 1.54) is 24.3 Å². The smallest absolute Gasteiger partial charge is 1.00 e. The van der Waals surface area contributed by atoms with Crippen LogP contribution in [0.3, 0.4) is 0 Å². The second-order valence-electron chi connectivity index (χ2n) is 4.06. The standard InChI is InChI=1S/C14H8O4.Mg.2H/c15-9-5-6-10(16)12-11(9)13(17)7-3-1-2-4-8(7)14(12)18;;;/h1-6,15-16H;;;/q;+2;2*-1. The van der Waals surface area contributed by atoms with Crippen LogP contribution in [0.1, 0.15) is 34.7 Å². The van der Waals surface area contributed by atoms with Crippen LogP contribution in [0.2, 0.25) is 0 Å². The van der Waals surface area contributed by atoms with Gasteiger partial charge in [0.15, 0.2) is 11.6 Å². The fourth-order valence-electron chi connectivity index (χ4n) is 2.19. The molecule has 1 aliphatic rings. The average molecular weight is 267 g/mol. The van der Waals surface area contributed by atoms with E-state index in [0.717, 1.165) is 0 Å². The van der Waals surface area contributed by atoms with Gasteiger partial charge in [0.05, 0.1) is 11.1 Å². The molecule has 5 heteroatoms. The molecule has 2 N–H and O–H groups in total. The van der Waals surface area contributed by atoms with Crippen molar-refractivity contribution in [2.75, 3.05) is 0 Å². The Balaban J connectivity index is 0.00000133. The van der Waals surface area contributed by atoms with Gasteiger partial charge in [0.2, 0.25) is 0 Å². The predicted octanol–water partition coefficient (Wildman–Crippen LogP) is 1.72. The summed E-state index contributed by atoms with van der Waals surface area (Å²) in [5, 5.41) is 19.4. The number of aromatic hydroxyl groups is 2. The number of benzene rings is 2. The second kappa shape index (κ2) is 4.68. The molecule has 0 spiro atoms. The third kappa shape index (κ3) is 1.82. The van der Waals surface area contributed by atoms with Gasteiger partial charge in [0.25, 0.3) is 0 Å².